The van der Waals surface area contributed by atoms with E-state index in [1.165, 1.54) is 0 Å². The van der Waals surface area contributed by atoms with Crippen molar-refractivity contribution < 1.29 is 14.6 Å². The van der Waals surface area contributed by atoms with Gasteiger partial charge in [0.2, 0.25) is 5.91 Å². The number of aliphatic hydroxyl groups excluding tert-OH is 1. The fraction of sp³-hybridized carbons (Fsp3) is 0.438. The Kier molecular flexibility index (Phi) is 5.19. The molecule has 114 valence electrons. The molecule has 0 radical (unpaired) electrons. The summed E-state index contributed by atoms with van der Waals surface area (Å²) in [6.45, 7) is 4.70. The lowest BCUT2D eigenvalue weighted by molar-refractivity contribution is -0.163. The van der Waals surface area contributed by atoms with Gasteiger partial charge in [-0.2, -0.15) is 0 Å². The van der Waals surface area contributed by atoms with Crippen molar-refractivity contribution in [1.29, 1.82) is 0 Å². The maximum absolute atomic E-state index is 12.3. The molecule has 2 rings (SSSR count). The second-order valence-electron chi connectivity index (χ2n) is 5.79. The second kappa shape index (κ2) is 6.73. The fourth-order valence-electron chi connectivity index (χ4n) is 2.44. The zero-order chi connectivity index (χ0) is 15.5. The van der Waals surface area contributed by atoms with Gasteiger partial charge in [0.25, 0.3) is 0 Å². The third-order valence-electron chi connectivity index (χ3n) is 3.26. The number of hydrogen-bond donors (Lipinski definition) is 1. The molecule has 1 N–H and O–H groups in total. The Balaban J connectivity index is 2.05. The van der Waals surface area contributed by atoms with Crippen LogP contribution in [0.4, 0.5) is 0 Å². The van der Waals surface area contributed by atoms with E-state index in [0.29, 0.717) is 13.1 Å². The van der Waals surface area contributed by atoms with Crippen LogP contribution in [-0.4, -0.2) is 47.3 Å². The van der Waals surface area contributed by atoms with Gasteiger partial charge in [0.1, 0.15) is 0 Å². The Labute approximate surface area is 133 Å². The number of hydrogen-bond acceptors (Lipinski definition) is 3. The van der Waals surface area contributed by atoms with Crippen LogP contribution in [-0.2, 0) is 9.53 Å². The average molecular weight is 354 g/mol. The van der Waals surface area contributed by atoms with Gasteiger partial charge >= 0.3 is 0 Å². The van der Waals surface area contributed by atoms with Crippen LogP contribution in [0.1, 0.15) is 19.4 Å². The highest BCUT2D eigenvalue weighted by Gasteiger charge is 2.34. The van der Waals surface area contributed by atoms with Gasteiger partial charge in [-0.15, -0.1) is 0 Å². The molecule has 1 unspecified atom stereocenters. The Morgan fingerprint density at radius 2 is 2.33 bits per heavy atom. The summed E-state index contributed by atoms with van der Waals surface area (Å²) in [6, 6.07) is 7.75. The largest absolute Gasteiger partial charge is 0.394 e. The van der Waals surface area contributed by atoms with Gasteiger partial charge in [0, 0.05) is 23.6 Å². The fourth-order valence-corrected chi connectivity index (χ4v) is 2.86. The molecule has 21 heavy (non-hydrogen) atoms. The van der Waals surface area contributed by atoms with E-state index in [-0.39, 0.29) is 18.6 Å². The van der Waals surface area contributed by atoms with Gasteiger partial charge in [0.15, 0.2) is 0 Å². The van der Waals surface area contributed by atoms with Gasteiger partial charge in [-0.1, -0.05) is 28.1 Å². The maximum Gasteiger partial charge on any atom is 0.246 e. The zero-order valence-electron chi connectivity index (χ0n) is 12.3. The van der Waals surface area contributed by atoms with Crippen LogP contribution in [0.3, 0.4) is 0 Å². The van der Waals surface area contributed by atoms with E-state index >= 15 is 0 Å². The molecule has 0 saturated carbocycles. The van der Waals surface area contributed by atoms with E-state index < -0.39 is 5.60 Å². The van der Waals surface area contributed by atoms with Crippen LogP contribution >= 0.6 is 15.9 Å². The Morgan fingerprint density at radius 3 is 3.00 bits per heavy atom. The highest BCUT2D eigenvalue weighted by Crippen LogP contribution is 2.21. The van der Waals surface area contributed by atoms with Gasteiger partial charge in [-0.05, 0) is 37.6 Å². The highest BCUT2D eigenvalue weighted by atomic mass is 79.9. The number of carbonyl (C=O) groups excluding carboxylic acids is 1. The molecule has 1 fully saturated rings. The molecule has 1 aliphatic rings. The summed E-state index contributed by atoms with van der Waals surface area (Å²) in [5, 5.41) is 9.28. The van der Waals surface area contributed by atoms with Gasteiger partial charge in [-0.3, -0.25) is 4.79 Å². The molecule has 1 aliphatic heterocycles. The summed E-state index contributed by atoms with van der Waals surface area (Å²) in [4.78, 5) is 14.0. The number of benzene rings is 1. The lowest BCUT2D eigenvalue weighted by Crippen LogP contribution is -2.55. The van der Waals surface area contributed by atoms with Crippen molar-refractivity contribution in [2.45, 2.75) is 25.6 Å². The van der Waals surface area contributed by atoms with Gasteiger partial charge in [0.05, 0.1) is 18.3 Å². The van der Waals surface area contributed by atoms with Crippen molar-refractivity contribution in [1.82, 2.24) is 4.90 Å². The van der Waals surface area contributed by atoms with Crippen LogP contribution in [0.25, 0.3) is 6.08 Å². The summed E-state index contributed by atoms with van der Waals surface area (Å²) in [5.74, 6) is -0.0650. The maximum atomic E-state index is 12.3. The number of halogens is 1. The first kappa shape index (κ1) is 16.2. The van der Waals surface area contributed by atoms with Gasteiger partial charge < -0.3 is 14.7 Å². The molecular weight excluding hydrogens is 334 g/mol. The van der Waals surface area contributed by atoms with Crippen molar-refractivity contribution in [2.75, 3.05) is 19.7 Å². The van der Waals surface area contributed by atoms with E-state index in [0.717, 1.165) is 10.0 Å². The van der Waals surface area contributed by atoms with E-state index in [9.17, 15) is 9.90 Å². The topological polar surface area (TPSA) is 49.8 Å². The monoisotopic (exact) mass is 353 g/mol. The number of carbonyl (C=O) groups is 1. The Morgan fingerprint density at radius 1 is 1.57 bits per heavy atom. The van der Waals surface area contributed by atoms with Gasteiger partial charge in [-0.25, -0.2) is 0 Å². The van der Waals surface area contributed by atoms with Crippen molar-refractivity contribution in [3.63, 3.8) is 0 Å². The molecule has 1 heterocycles. The SMILES string of the molecule is CC1(C)CN(C(=O)/C=C/c2cccc(Br)c2)CC(CO)O1. The molecule has 0 bridgehead atoms. The first-order valence-corrected chi connectivity index (χ1v) is 7.70. The normalized spacial score (nSPS) is 21.7. The van der Waals surface area contributed by atoms with Crippen molar-refractivity contribution >= 4 is 27.9 Å². The van der Waals surface area contributed by atoms with Crippen molar-refractivity contribution in [2.24, 2.45) is 0 Å². The molecule has 1 saturated heterocycles. The highest BCUT2D eigenvalue weighted by molar-refractivity contribution is 9.10. The number of morpholine rings is 1. The zero-order valence-corrected chi connectivity index (χ0v) is 13.8. The number of ether oxygens (including phenoxy) is 1. The third-order valence-corrected chi connectivity index (χ3v) is 3.76. The van der Waals surface area contributed by atoms with Crippen LogP contribution < -0.4 is 0 Å². The molecule has 1 aromatic carbocycles. The number of nitrogens with zero attached hydrogens (tertiary/aromatic N) is 1. The van der Waals surface area contributed by atoms with Crippen LogP contribution in [0.5, 0.6) is 0 Å². The standard InChI is InChI=1S/C16H20BrNO3/c1-16(2)11-18(9-14(10-19)21-16)15(20)7-6-12-4-3-5-13(17)8-12/h3-8,14,19H,9-11H2,1-2H3/b7-6+. The van der Waals surface area contributed by atoms with Crippen LogP contribution in [0.2, 0.25) is 0 Å². The van der Waals surface area contributed by atoms with E-state index in [4.69, 9.17) is 4.74 Å². The molecule has 0 aliphatic carbocycles. The minimum Gasteiger partial charge on any atom is -0.394 e. The summed E-state index contributed by atoms with van der Waals surface area (Å²) >= 11 is 3.40. The third kappa shape index (κ3) is 4.66. The lowest BCUT2D eigenvalue weighted by atomic mass is 10.1. The Bertz CT molecular complexity index is 542. The van der Waals surface area contributed by atoms with E-state index in [1.54, 1.807) is 17.1 Å². The predicted molar refractivity (Wildman–Crippen MR) is 85.8 cm³/mol. The average Bonchev–Trinajstić information content (AvgIpc) is 2.43. The summed E-state index contributed by atoms with van der Waals surface area (Å²) in [7, 11) is 0. The summed E-state index contributed by atoms with van der Waals surface area (Å²) < 4.78 is 6.68. The molecule has 0 aromatic heterocycles. The summed E-state index contributed by atoms with van der Waals surface area (Å²) in [5.41, 5.74) is 0.522. The molecular formula is C16H20BrNO3. The number of amides is 1. The number of aliphatic hydroxyl groups is 1. The van der Waals surface area contributed by atoms with Crippen LogP contribution in [0.15, 0.2) is 34.8 Å². The molecule has 5 heteroatoms. The molecule has 1 amide bonds. The van der Waals surface area contributed by atoms with E-state index in [2.05, 4.69) is 15.9 Å². The quantitative estimate of drug-likeness (QED) is 0.849. The number of rotatable bonds is 3. The first-order valence-electron chi connectivity index (χ1n) is 6.91. The molecule has 0 spiro atoms. The van der Waals surface area contributed by atoms with Crippen LogP contribution in [0, 0.1) is 0 Å². The van der Waals surface area contributed by atoms with E-state index in [1.807, 2.05) is 38.1 Å². The van der Waals surface area contributed by atoms with Crippen molar-refractivity contribution in [3.8, 4) is 0 Å². The Hall–Kier alpha value is -1.17. The molecule has 1 atom stereocenters. The first-order chi connectivity index (χ1) is 9.89. The smallest absolute Gasteiger partial charge is 0.246 e. The summed E-state index contributed by atoms with van der Waals surface area (Å²) in [6.07, 6.45) is 3.04. The minimum absolute atomic E-state index is 0.0650. The predicted octanol–water partition coefficient (Wildman–Crippen LogP) is 2.46. The second-order valence-corrected chi connectivity index (χ2v) is 6.70. The molecule has 4 nitrogen and oxygen atoms in total. The molecule has 1 aromatic rings. The lowest BCUT2D eigenvalue weighted by Gasteiger charge is -2.41. The van der Waals surface area contributed by atoms with Crippen molar-refractivity contribution in [3.05, 3.63) is 40.4 Å². The minimum atomic E-state index is -0.440.